The molecule has 0 N–H and O–H groups in total. The van der Waals surface area contributed by atoms with Gasteiger partial charge in [0.05, 0.1) is 0 Å². The van der Waals surface area contributed by atoms with Gasteiger partial charge < -0.3 is 0 Å². The fourth-order valence-electron chi connectivity index (χ4n) is 2.51. The summed E-state index contributed by atoms with van der Waals surface area (Å²) in [6, 6.07) is 8.74. The highest BCUT2D eigenvalue weighted by Gasteiger charge is 2.41. The minimum atomic E-state index is 0.470. The van der Waals surface area contributed by atoms with Crippen LogP contribution < -0.4 is 0 Å². The standard InChI is InChI=1S/C12H10Br2/c13-11-8-4-2-1-3-7(8)9-5-6-10(11)12(9)14/h1-6,9-12H/t9-,10+,11+,12+/m0/s1. The molecule has 14 heavy (non-hydrogen) atoms. The van der Waals surface area contributed by atoms with Crippen LogP contribution in [0.5, 0.6) is 0 Å². The summed E-state index contributed by atoms with van der Waals surface area (Å²) in [4.78, 5) is 1.04. The van der Waals surface area contributed by atoms with Gasteiger partial charge >= 0.3 is 0 Å². The molecule has 0 radical (unpaired) electrons. The Morgan fingerprint density at radius 3 is 2.43 bits per heavy atom. The average Bonchev–Trinajstić information content (AvgIpc) is 2.51. The molecule has 2 bridgehead atoms. The second-order valence-electron chi connectivity index (χ2n) is 3.96. The first kappa shape index (κ1) is 9.17. The first-order valence-electron chi connectivity index (χ1n) is 4.84. The highest BCUT2D eigenvalue weighted by molar-refractivity contribution is 9.10. The summed E-state index contributed by atoms with van der Waals surface area (Å²) in [5, 5.41) is 0. The molecule has 72 valence electrons. The molecule has 1 aromatic rings. The molecular formula is C12H10Br2. The Labute approximate surface area is 101 Å². The molecule has 2 aliphatic carbocycles. The van der Waals surface area contributed by atoms with Gasteiger partial charge in [-0.2, -0.15) is 0 Å². The van der Waals surface area contributed by atoms with Crippen LogP contribution in [-0.2, 0) is 0 Å². The summed E-state index contributed by atoms with van der Waals surface area (Å²) in [5.41, 5.74) is 2.93. The molecule has 0 spiro atoms. The number of halogens is 2. The predicted octanol–water partition coefficient (Wildman–Crippen LogP) is 4.17. The van der Waals surface area contributed by atoms with E-state index in [9.17, 15) is 0 Å². The summed E-state index contributed by atoms with van der Waals surface area (Å²) < 4.78 is 0. The van der Waals surface area contributed by atoms with Crippen molar-refractivity contribution in [3.05, 3.63) is 47.5 Å². The molecule has 2 heteroatoms. The SMILES string of the molecule is Br[C@H]1[C@@H]2C=C[C@H]1c1ccccc1[C@H]2Br. The van der Waals surface area contributed by atoms with Gasteiger partial charge in [-0.3, -0.25) is 0 Å². The topological polar surface area (TPSA) is 0 Å². The number of benzene rings is 1. The van der Waals surface area contributed by atoms with Gasteiger partial charge in [0.2, 0.25) is 0 Å². The summed E-state index contributed by atoms with van der Waals surface area (Å²) in [6.07, 6.45) is 4.67. The first-order valence-corrected chi connectivity index (χ1v) is 6.67. The van der Waals surface area contributed by atoms with Crippen molar-refractivity contribution >= 4 is 31.9 Å². The molecule has 4 atom stereocenters. The molecule has 0 saturated heterocycles. The van der Waals surface area contributed by atoms with Gasteiger partial charge in [0.15, 0.2) is 0 Å². The lowest BCUT2D eigenvalue weighted by Gasteiger charge is -2.32. The molecule has 0 fully saturated rings. The van der Waals surface area contributed by atoms with E-state index in [-0.39, 0.29) is 0 Å². The predicted molar refractivity (Wildman–Crippen MR) is 66.2 cm³/mol. The summed E-state index contributed by atoms with van der Waals surface area (Å²) in [6.45, 7) is 0. The Balaban J connectivity index is 2.21. The van der Waals surface area contributed by atoms with Crippen molar-refractivity contribution in [2.45, 2.75) is 15.6 Å². The molecule has 0 heterocycles. The quantitative estimate of drug-likeness (QED) is 0.498. The largest absolute Gasteiger partial charge is 0.0874 e. The van der Waals surface area contributed by atoms with Crippen LogP contribution in [0.1, 0.15) is 21.9 Å². The van der Waals surface area contributed by atoms with E-state index in [4.69, 9.17) is 0 Å². The number of rotatable bonds is 0. The van der Waals surface area contributed by atoms with Crippen molar-refractivity contribution in [2.24, 2.45) is 5.92 Å². The van der Waals surface area contributed by atoms with E-state index in [0.29, 0.717) is 21.5 Å². The lowest BCUT2D eigenvalue weighted by molar-refractivity contribution is 0.575. The van der Waals surface area contributed by atoms with Gasteiger partial charge in [0.1, 0.15) is 0 Å². The van der Waals surface area contributed by atoms with E-state index in [1.807, 2.05) is 0 Å². The van der Waals surface area contributed by atoms with Gasteiger partial charge in [0, 0.05) is 21.5 Å². The molecule has 3 rings (SSSR count). The number of hydrogen-bond donors (Lipinski definition) is 0. The number of fused-ring (bicyclic) bond motifs is 4. The minimum absolute atomic E-state index is 0.470. The Morgan fingerprint density at radius 2 is 1.64 bits per heavy atom. The minimum Gasteiger partial charge on any atom is -0.0874 e. The highest BCUT2D eigenvalue weighted by Crippen LogP contribution is 2.53. The van der Waals surface area contributed by atoms with Crippen LogP contribution in [0.4, 0.5) is 0 Å². The third-order valence-electron chi connectivity index (χ3n) is 3.24. The van der Waals surface area contributed by atoms with Crippen molar-refractivity contribution < 1.29 is 0 Å². The Kier molecular flexibility index (Phi) is 2.10. The zero-order chi connectivity index (χ0) is 9.71. The zero-order valence-corrected chi connectivity index (χ0v) is 10.7. The lowest BCUT2D eigenvalue weighted by atomic mass is 9.82. The van der Waals surface area contributed by atoms with Gasteiger partial charge in [0.25, 0.3) is 0 Å². The average molecular weight is 314 g/mol. The number of alkyl halides is 2. The number of hydrogen-bond acceptors (Lipinski definition) is 0. The Morgan fingerprint density at radius 1 is 0.929 bits per heavy atom. The van der Waals surface area contributed by atoms with Crippen LogP contribution in [0, 0.1) is 5.92 Å². The normalized spacial score (nSPS) is 38.4. The maximum atomic E-state index is 3.80. The fourth-order valence-corrected chi connectivity index (χ4v) is 4.78. The second kappa shape index (κ2) is 3.21. The maximum absolute atomic E-state index is 3.80. The third kappa shape index (κ3) is 1.10. The summed E-state index contributed by atoms with van der Waals surface area (Å²) in [7, 11) is 0. The van der Waals surface area contributed by atoms with Crippen LogP contribution in [0.15, 0.2) is 36.4 Å². The van der Waals surface area contributed by atoms with Crippen molar-refractivity contribution in [3.63, 3.8) is 0 Å². The highest BCUT2D eigenvalue weighted by atomic mass is 79.9. The summed E-state index contributed by atoms with van der Waals surface area (Å²) in [5.74, 6) is 1.18. The van der Waals surface area contributed by atoms with Crippen LogP contribution in [0.3, 0.4) is 0 Å². The van der Waals surface area contributed by atoms with Crippen LogP contribution in [-0.4, -0.2) is 4.83 Å². The molecular weight excluding hydrogens is 304 g/mol. The number of allylic oxidation sites excluding steroid dienone is 2. The Hall–Kier alpha value is -0.0800. The van der Waals surface area contributed by atoms with Crippen molar-refractivity contribution in [3.8, 4) is 0 Å². The van der Waals surface area contributed by atoms with Crippen molar-refractivity contribution in [2.75, 3.05) is 0 Å². The molecule has 1 aromatic carbocycles. The molecule has 0 nitrogen and oxygen atoms in total. The van der Waals surface area contributed by atoms with Gasteiger partial charge in [-0.05, 0) is 11.1 Å². The second-order valence-corrected chi connectivity index (χ2v) is 6.01. The van der Waals surface area contributed by atoms with Crippen LogP contribution in [0.2, 0.25) is 0 Å². The molecule has 0 aromatic heterocycles. The molecule has 0 amide bonds. The monoisotopic (exact) mass is 312 g/mol. The lowest BCUT2D eigenvalue weighted by Crippen LogP contribution is -2.24. The fraction of sp³-hybridized carbons (Fsp3) is 0.333. The van der Waals surface area contributed by atoms with Crippen molar-refractivity contribution in [1.82, 2.24) is 0 Å². The smallest absolute Gasteiger partial charge is 0.0471 e. The van der Waals surface area contributed by atoms with Crippen molar-refractivity contribution in [1.29, 1.82) is 0 Å². The van der Waals surface area contributed by atoms with Gasteiger partial charge in [-0.15, -0.1) is 0 Å². The van der Waals surface area contributed by atoms with E-state index in [0.717, 1.165) is 0 Å². The molecule has 0 aliphatic heterocycles. The van der Waals surface area contributed by atoms with Gasteiger partial charge in [-0.1, -0.05) is 68.3 Å². The molecule has 2 aliphatic rings. The van der Waals surface area contributed by atoms with Crippen LogP contribution >= 0.6 is 31.9 Å². The van der Waals surface area contributed by atoms with E-state index < -0.39 is 0 Å². The maximum Gasteiger partial charge on any atom is 0.0471 e. The van der Waals surface area contributed by atoms with E-state index in [1.165, 1.54) is 11.1 Å². The zero-order valence-electron chi connectivity index (χ0n) is 7.53. The van der Waals surface area contributed by atoms with Gasteiger partial charge in [-0.25, -0.2) is 0 Å². The van der Waals surface area contributed by atoms with E-state index >= 15 is 0 Å². The van der Waals surface area contributed by atoms with E-state index in [2.05, 4.69) is 68.3 Å². The third-order valence-corrected chi connectivity index (χ3v) is 5.53. The first-order chi connectivity index (χ1) is 6.79. The molecule has 0 unspecified atom stereocenters. The Bertz CT molecular complexity index is 397. The molecule has 0 saturated carbocycles. The van der Waals surface area contributed by atoms with E-state index in [1.54, 1.807) is 0 Å². The summed E-state index contributed by atoms with van der Waals surface area (Å²) >= 11 is 7.60. The van der Waals surface area contributed by atoms with Crippen LogP contribution in [0.25, 0.3) is 0 Å².